The van der Waals surface area contributed by atoms with E-state index in [0.717, 1.165) is 25.7 Å². The summed E-state index contributed by atoms with van der Waals surface area (Å²) in [5.74, 6) is 0.809. The van der Waals surface area contributed by atoms with E-state index in [1.54, 1.807) is 12.4 Å². The lowest BCUT2D eigenvalue weighted by Gasteiger charge is -2.15. The summed E-state index contributed by atoms with van der Waals surface area (Å²) in [7, 11) is 0. The highest BCUT2D eigenvalue weighted by atomic mass is 16.2. The second-order valence-corrected chi connectivity index (χ2v) is 5.74. The van der Waals surface area contributed by atoms with Gasteiger partial charge in [0.1, 0.15) is 5.82 Å². The lowest BCUT2D eigenvalue weighted by atomic mass is 9.96. The molecule has 0 aliphatic heterocycles. The molecule has 1 saturated carbocycles. The van der Waals surface area contributed by atoms with E-state index in [1.807, 2.05) is 25.1 Å². The molecule has 0 saturated heterocycles. The molecule has 1 N–H and O–H groups in total. The van der Waals surface area contributed by atoms with Gasteiger partial charge in [-0.1, -0.05) is 30.3 Å². The van der Waals surface area contributed by atoms with E-state index in [9.17, 15) is 4.79 Å². The summed E-state index contributed by atoms with van der Waals surface area (Å²) in [5.41, 5.74) is 1.77. The van der Waals surface area contributed by atoms with Crippen molar-refractivity contribution in [1.82, 2.24) is 9.97 Å². The van der Waals surface area contributed by atoms with Crippen LogP contribution in [0, 0.1) is 12.3 Å². The van der Waals surface area contributed by atoms with Gasteiger partial charge in [0.05, 0.1) is 18.1 Å². The van der Waals surface area contributed by atoms with Crippen LogP contribution in [0.2, 0.25) is 0 Å². The van der Waals surface area contributed by atoms with Gasteiger partial charge in [-0.05, 0) is 38.2 Å². The molecule has 4 heteroatoms. The van der Waals surface area contributed by atoms with Crippen LogP contribution in [0.4, 0.5) is 5.69 Å². The van der Waals surface area contributed by atoms with Gasteiger partial charge in [-0.25, -0.2) is 9.97 Å². The predicted molar refractivity (Wildman–Crippen MR) is 81.8 cm³/mol. The minimum absolute atomic E-state index is 0.103. The number of hydrogen-bond acceptors (Lipinski definition) is 3. The molecule has 4 nitrogen and oxygen atoms in total. The third-order valence-corrected chi connectivity index (χ3v) is 4.11. The van der Waals surface area contributed by atoms with Crippen LogP contribution in [0.1, 0.15) is 30.7 Å². The van der Waals surface area contributed by atoms with E-state index in [1.165, 1.54) is 5.56 Å². The molecule has 1 fully saturated rings. The number of benzene rings is 1. The smallest absolute Gasteiger partial charge is 0.230 e. The first-order valence-corrected chi connectivity index (χ1v) is 7.32. The maximum atomic E-state index is 12.4. The quantitative estimate of drug-likeness (QED) is 0.916. The second-order valence-electron chi connectivity index (χ2n) is 5.74. The minimum atomic E-state index is -0.194. The van der Waals surface area contributed by atoms with E-state index in [-0.39, 0.29) is 11.3 Å². The van der Waals surface area contributed by atoms with Gasteiger partial charge in [-0.2, -0.15) is 0 Å². The topological polar surface area (TPSA) is 54.9 Å². The van der Waals surface area contributed by atoms with Crippen LogP contribution < -0.4 is 5.32 Å². The Bertz CT molecular complexity index is 618. The number of anilines is 1. The Morgan fingerprint density at radius 1 is 1.19 bits per heavy atom. The lowest BCUT2D eigenvalue weighted by molar-refractivity contribution is -0.121. The fourth-order valence-corrected chi connectivity index (χ4v) is 2.49. The van der Waals surface area contributed by atoms with Crippen LogP contribution in [-0.2, 0) is 11.2 Å². The molecule has 108 valence electrons. The second kappa shape index (κ2) is 5.64. The van der Waals surface area contributed by atoms with Crippen molar-refractivity contribution in [3.05, 3.63) is 54.1 Å². The number of nitrogens with one attached hydrogen (secondary N) is 1. The number of carbonyl (C=O) groups excluding carboxylic acids is 1. The zero-order valence-corrected chi connectivity index (χ0v) is 12.2. The molecule has 0 spiro atoms. The summed E-state index contributed by atoms with van der Waals surface area (Å²) >= 11 is 0. The molecule has 0 atom stereocenters. The van der Waals surface area contributed by atoms with Crippen molar-refractivity contribution in [1.29, 1.82) is 0 Å². The molecule has 0 radical (unpaired) electrons. The molecule has 21 heavy (non-hydrogen) atoms. The molecule has 1 aliphatic rings. The summed E-state index contributed by atoms with van der Waals surface area (Å²) in [6, 6.07) is 10.3. The van der Waals surface area contributed by atoms with Crippen molar-refractivity contribution < 1.29 is 4.79 Å². The average Bonchev–Trinajstić information content (AvgIpc) is 3.30. The fraction of sp³-hybridized carbons (Fsp3) is 0.353. The summed E-state index contributed by atoms with van der Waals surface area (Å²) < 4.78 is 0. The zero-order valence-electron chi connectivity index (χ0n) is 12.2. The highest BCUT2D eigenvalue weighted by Gasteiger charge is 2.49. The van der Waals surface area contributed by atoms with E-state index < -0.39 is 0 Å². The molecule has 1 aromatic heterocycles. The van der Waals surface area contributed by atoms with Crippen molar-refractivity contribution >= 4 is 11.6 Å². The Kier molecular flexibility index (Phi) is 3.69. The molecule has 0 unspecified atom stereocenters. The van der Waals surface area contributed by atoms with Gasteiger partial charge in [0.25, 0.3) is 0 Å². The van der Waals surface area contributed by atoms with Crippen LogP contribution in [0.15, 0.2) is 42.7 Å². The molecule has 0 bridgehead atoms. The van der Waals surface area contributed by atoms with Gasteiger partial charge in [-0.15, -0.1) is 0 Å². The number of nitrogens with zero attached hydrogens (tertiary/aromatic N) is 2. The fourth-order valence-electron chi connectivity index (χ4n) is 2.49. The first-order chi connectivity index (χ1) is 10.2. The monoisotopic (exact) mass is 281 g/mol. The van der Waals surface area contributed by atoms with Crippen molar-refractivity contribution in [2.24, 2.45) is 5.41 Å². The SMILES string of the molecule is Cc1ncc(NC(=O)C2(CCc3ccccc3)CC2)cn1. The Morgan fingerprint density at radius 2 is 1.86 bits per heavy atom. The molecule has 1 heterocycles. The number of hydrogen-bond donors (Lipinski definition) is 1. The van der Waals surface area contributed by atoms with E-state index in [0.29, 0.717) is 11.5 Å². The van der Waals surface area contributed by atoms with Gasteiger partial charge in [0.2, 0.25) is 5.91 Å². The van der Waals surface area contributed by atoms with Crippen molar-refractivity contribution in [3.8, 4) is 0 Å². The van der Waals surface area contributed by atoms with E-state index in [4.69, 9.17) is 0 Å². The van der Waals surface area contributed by atoms with Gasteiger partial charge in [-0.3, -0.25) is 4.79 Å². The molecular formula is C17H19N3O. The van der Waals surface area contributed by atoms with E-state index in [2.05, 4.69) is 27.4 Å². The first-order valence-electron chi connectivity index (χ1n) is 7.32. The standard InChI is InChI=1S/C17H19N3O/c1-13-18-11-15(12-19-13)20-16(21)17(9-10-17)8-7-14-5-3-2-4-6-14/h2-6,11-12H,7-10H2,1H3,(H,20,21). The van der Waals surface area contributed by atoms with Crippen molar-refractivity contribution in [3.63, 3.8) is 0 Å². The third kappa shape index (κ3) is 3.27. The molecule has 3 rings (SSSR count). The van der Waals surface area contributed by atoms with Crippen molar-refractivity contribution in [2.75, 3.05) is 5.32 Å². The molecular weight excluding hydrogens is 262 g/mol. The van der Waals surface area contributed by atoms with Crippen LogP contribution in [-0.4, -0.2) is 15.9 Å². The van der Waals surface area contributed by atoms with Crippen LogP contribution in [0.5, 0.6) is 0 Å². The average molecular weight is 281 g/mol. The van der Waals surface area contributed by atoms with Crippen LogP contribution >= 0.6 is 0 Å². The lowest BCUT2D eigenvalue weighted by Crippen LogP contribution is -2.25. The van der Waals surface area contributed by atoms with Gasteiger partial charge in [0.15, 0.2) is 0 Å². The summed E-state index contributed by atoms with van der Waals surface area (Å²) in [4.78, 5) is 20.6. The van der Waals surface area contributed by atoms with Crippen LogP contribution in [0.3, 0.4) is 0 Å². The predicted octanol–water partition coefficient (Wildman–Crippen LogP) is 3.14. The first kappa shape index (κ1) is 13.7. The third-order valence-electron chi connectivity index (χ3n) is 4.11. The van der Waals surface area contributed by atoms with Crippen LogP contribution in [0.25, 0.3) is 0 Å². The largest absolute Gasteiger partial charge is 0.323 e. The number of aryl methyl sites for hydroxylation is 2. The Balaban J connectivity index is 1.60. The van der Waals surface area contributed by atoms with Gasteiger partial charge < -0.3 is 5.32 Å². The summed E-state index contributed by atoms with van der Waals surface area (Å²) in [6.45, 7) is 1.83. The Hall–Kier alpha value is -2.23. The summed E-state index contributed by atoms with van der Waals surface area (Å²) in [5, 5.41) is 2.94. The van der Waals surface area contributed by atoms with Gasteiger partial charge >= 0.3 is 0 Å². The van der Waals surface area contributed by atoms with Gasteiger partial charge in [0, 0.05) is 5.41 Å². The molecule has 1 amide bonds. The van der Waals surface area contributed by atoms with E-state index >= 15 is 0 Å². The summed E-state index contributed by atoms with van der Waals surface area (Å²) in [6.07, 6.45) is 7.10. The normalized spacial score (nSPS) is 15.5. The maximum absolute atomic E-state index is 12.4. The highest BCUT2D eigenvalue weighted by molar-refractivity contribution is 5.96. The van der Waals surface area contributed by atoms with Crippen molar-refractivity contribution in [2.45, 2.75) is 32.6 Å². The number of aromatic nitrogens is 2. The minimum Gasteiger partial charge on any atom is -0.323 e. The maximum Gasteiger partial charge on any atom is 0.230 e. The number of amides is 1. The zero-order chi connectivity index (χ0) is 14.7. The molecule has 2 aromatic rings. The Labute approximate surface area is 124 Å². The number of carbonyl (C=O) groups is 1. The molecule has 1 aromatic carbocycles. The highest BCUT2D eigenvalue weighted by Crippen LogP contribution is 2.50. The molecule has 1 aliphatic carbocycles. The Morgan fingerprint density at radius 3 is 2.48 bits per heavy atom. The number of rotatable bonds is 5.